The summed E-state index contributed by atoms with van der Waals surface area (Å²) in [6.07, 6.45) is 0.107. The average molecular weight is 195 g/mol. The summed E-state index contributed by atoms with van der Waals surface area (Å²) in [5, 5.41) is 9.33. The number of hydrogen-bond acceptors (Lipinski definition) is 3. The number of anilines is 1. The summed E-state index contributed by atoms with van der Waals surface area (Å²) in [7, 11) is 3.89. The molecule has 0 heterocycles. The number of ether oxygens (including phenoxy) is 1. The molecule has 0 fully saturated rings. The van der Waals surface area contributed by atoms with Crippen LogP contribution in [-0.4, -0.2) is 25.3 Å². The van der Waals surface area contributed by atoms with Gasteiger partial charge in [-0.05, 0) is 26.0 Å². The van der Waals surface area contributed by atoms with Crippen LogP contribution in [0.2, 0.25) is 0 Å². The number of phenolic OH excluding ortho intramolecular Hbond substituents is 1. The highest BCUT2D eigenvalue weighted by atomic mass is 16.5. The van der Waals surface area contributed by atoms with Crippen molar-refractivity contribution in [2.75, 3.05) is 19.0 Å². The fourth-order valence-electron chi connectivity index (χ4n) is 1.22. The van der Waals surface area contributed by atoms with Gasteiger partial charge in [-0.2, -0.15) is 0 Å². The van der Waals surface area contributed by atoms with Crippen molar-refractivity contribution in [2.24, 2.45) is 0 Å². The van der Waals surface area contributed by atoms with Gasteiger partial charge in [-0.1, -0.05) is 0 Å². The van der Waals surface area contributed by atoms with Gasteiger partial charge >= 0.3 is 0 Å². The number of benzene rings is 1. The molecule has 0 aliphatic carbocycles. The Morgan fingerprint density at radius 1 is 1.29 bits per heavy atom. The lowest BCUT2D eigenvalue weighted by atomic mass is 10.2. The molecule has 14 heavy (non-hydrogen) atoms. The zero-order chi connectivity index (χ0) is 10.7. The standard InChI is InChI=1S/C11H17NO2/c1-8(2)14-11-7-9(13)5-6-10(11)12(3)4/h5-8,13H,1-4H3. The predicted molar refractivity (Wildman–Crippen MR) is 58.2 cm³/mol. The molecule has 0 saturated heterocycles. The van der Waals surface area contributed by atoms with E-state index in [4.69, 9.17) is 4.74 Å². The third-order valence-electron chi connectivity index (χ3n) is 1.79. The van der Waals surface area contributed by atoms with Gasteiger partial charge in [-0.3, -0.25) is 0 Å². The Bertz CT molecular complexity index is 308. The first kappa shape index (κ1) is 10.7. The van der Waals surface area contributed by atoms with Crippen molar-refractivity contribution in [3.8, 4) is 11.5 Å². The fraction of sp³-hybridized carbons (Fsp3) is 0.455. The summed E-state index contributed by atoms with van der Waals surface area (Å²) in [6.45, 7) is 3.92. The van der Waals surface area contributed by atoms with Crippen molar-refractivity contribution in [1.29, 1.82) is 0 Å². The Kier molecular flexibility index (Phi) is 3.23. The molecule has 0 saturated carbocycles. The van der Waals surface area contributed by atoms with E-state index in [0.29, 0.717) is 5.75 Å². The first-order valence-corrected chi connectivity index (χ1v) is 4.67. The minimum Gasteiger partial charge on any atom is -0.508 e. The lowest BCUT2D eigenvalue weighted by Crippen LogP contribution is -2.13. The molecule has 3 nitrogen and oxygen atoms in total. The lowest BCUT2D eigenvalue weighted by molar-refractivity contribution is 0.242. The normalized spacial score (nSPS) is 10.4. The van der Waals surface area contributed by atoms with Gasteiger partial charge in [0, 0.05) is 20.2 Å². The molecule has 1 aromatic carbocycles. The van der Waals surface area contributed by atoms with E-state index in [2.05, 4.69) is 0 Å². The highest BCUT2D eigenvalue weighted by Crippen LogP contribution is 2.31. The molecule has 1 rings (SSSR count). The van der Waals surface area contributed by atoms with Gasteiger partial charge in [0.2, 0.25) is 0 Å². The second kappa shape index (κ2) is 4.22. The van der Waals surface area contributed by atoms with Crippen LogP contribution in [0.5, 0.6) is 11.5 Å². The van der Waals surface area contributed by atoms with E-state index in [-0.39, 0.29) is 11.9 Å². The van der Waals surface area contributed by atoms with E-state index in [9.17, 15) is 5.11 Å². The van der Waals surface area contributed by atoms with E-state index in [1.165, 1.54) is 0 Å². The van der Waals surface area contributed by atoms with E-state index in [1.807, 2.05) is 38.9 Å². The van der Waals surface area contributed by atoms with Crippen LogP contribution in [0.4, 0.5) is 5.69 Å². The average Bonchev–Trinajstić information content (AvgIpc) is 2.01. The third kappa shape index (κ3) is 2.55. The molecule has 1 N–H and O–H groups in total. The number of hydrogen-bond donors (Lipinski definition) is 1. The maximum absolute atomic E-state index is 9.33. The van der Waals surface area contributed by atoms with Crippen LogP contribution in [0.15, 0.2) is 18.2 Å². The summed E-state index contributed by atoms with van der Waals surface area (Å²) < 4.78 is 5.59. The molecule has 1 aromatic rings. The molecule has 78 valence electrons. The quantitative estimate of drug-likeness (QED) is 0.803. The second-order valence-electron chi connectivity index (χ2n) is 3.71. The highest BCUT2D eigenvalue weighted by Gasteiger charge is 2.08. The molecular weight excluding hydrogens is 178 g/mol. The summed E-state index contributed by atoms with van der Waals surface area (Å²) in [5.74, 6) is 0.941. The smallest absolute Gasteiger partial charge is 0.146 e. The molecule has 0 aliphatic heterocycles. The molecule has 0 unspecified atom stereocenters. The first-order valence-electron chi connectivity index (χ1n) is 4.67. The Morgan fingerprint density at radius 3 is 2.43 bits per heavy atom. The van der Waals surface area contributed by atoms with E-state index >= 15 is 0 Å². The molecule has 0 aromatic heterocycles. The fourth-order valence-corrected chi connectivity index (χ4v) is 1.22. The Hall–Kier alpha value is -1.38. The maximum Gasteiger partial charge on any atom is 0.146 e. The van der Waals surface area contributed by atoms with E-state index < -0.39 is 0 Å². The van der Waals surface area contributed by atoms with Crippen LogP contribution in [0.25, 0.3) is 0 Å². The summed E-state index contributed by atoms with van der Waals surface area (Å²) in [6, 6.07) is 5.13. The Labute approximate surface area is 84.9 Å². The largest absolute Gasteiger partial charge is 0.508 e. The molecule has 0 amide bonds. The molecule has 0 radical (unpaired) electrons. The van der Waals surface area contributed by atoms with Gasteiger partial charge < -0.3 is 14.7 Å². The van der Waals surface area contributed by atoms with Crippen molar-refractivity contribution in [2.45, 2.75) is 20.0 Å². The third-order valence-corrected chi connectivity index (χ3v) is 1.79. The summed E-state index contributed by atoms with van der Waals surface area (Å²) >= 11 is 0. The van der Waals surface area contributed by atoms with Crippen LogP contribution in [0.1, 0.15) is 13.8 Å². The first-order chi connectivity index (χ1) is 6.50. The molecule has 0 bridgehead atoms. The number of aromatic hydroxyl groups is 1. The van der Waals surface area contributed by atoms with Gasteiger partial charge in [0.25, 0.3) is 0 Å². The summed E-state index contributed by atoms with van der Waals surface area (Å²) in [5.41, 5.74) is 0.969. The van der Waals surface area contributed by atoms with E-state index in [1.54, 1.807) is 12.1 Å². The number of phenols is 1. The van der Waals surface area contributed by atoms with Gasteiger partial charge in [0.05, 0.1) is 11.8 Å². The number of nitrogens with zero attached hydrogens (tertiary/aromatic N) is 1. The topological polar surface area (TPSA) is 32.7 Å². The summed E-state index contributed by atoms with van der Waals surface area (Å²) in [4.78, 5) is 1.96. The minimum absolute atomic E-state index is 0.107. The maximum atomic E-state index is 9.33. The molecule has 0 spiro atoms. The van der Waals surface area contributed by atoms with Crippen molar-refractivity contribution >= 4 is 5.69 Å². The second-order valence-corrected chi connectivity index (χ2v) is 3.71. The van der Waals surface area contributed by atoms with Crippen LogP contribution in [0, 0.1) is 0 Å². The van der Waals surface area contributed by atoms with Gasteiger partial charge in [0.1, 0.15) is 11.5 Å². The van der Waals surface area contributed by atoms with Crippen LogP contribution in [0.3, 0.4) is 0 Å². The van der Waals surface area contributed by atoms with Crippen LogP contribution >= 0.6 is 0 Å². The van der Waals surface area contributed by atoms with Gasteiger partial charge in [-0.15, -0.1) is 0 Å². The van der Waals surface area contributed by atoms with Crippen molar-refractivity contribution < 1.29 is 9.84 Å². The van der Waals surface area contributed by atoms with E-state index in [0.717, 1.165) is 5.69 Å². The van der Waals surface area contributed by atoms with Crippen molar-refractivity contribution in [3.63, 3.8) is 0 Å². The zero-order valence-corrected chi connectivity index (χ0v) is 9.11. The molecule has 0 atom stereocenters. The SMILES string of the molecule is CC(C)Oc1cc(O)ccc1N(C)C. The number of rotatable bonds is 3. The van der Waals surface area contributed by atoms with Gasteiger partial charge in [0.15, 0.2) is 0 Å². The molecule has 0 aliphatic rings. The predicted octanol–water partition coefficient (Wildman–Crippen LogP) is 2.25. The minimum atomic E-state index is 0.107. The Morgan fingerprint density at radius 2 is 1.93 bits per heavy atom. The lowest BCUT2D eigenvalue weighted by Gasteiger charge is -2.19. The molecule has 3 heteroatoms. The zero-order valence-electron chi connectivity index (χ0n) is 9.11. The van der Waals surface area contributed by atoms with Gasteiger partial charge in [-0.25, -0.2) is 0 Å². The van der Waals surface area contributed by atoms with Crippen LogP contribution < -0.4 is 9.64 Å². The van der Waals surface area contributed by atoms with Crippen molar-refractivity contribution in [1.82, 2.24) is 0 Å². The molecular formula is C11H17NO2. The monoisotopic (exact) mass is 195 g/mol. The van der Waals surface area contributed by atoms with Crippen molar-refractivity contribution in [3.05, 3.63) is 18.2 Å². The van der Waals surface area contributed by atoms with Crippen LogP contribution in [-0.2, 0) is 0 Å². The highest BCUT2D eigenvalue weighted by molar-refractivity contribution is 5.60. The Balaban J connectivity index is 3.03.